The quantitative estimate of drug-likeness (QED) is 0.666. The minimum absolute atomic E-state index is 0.0868. The van der Waals surface area contributed by atoms with Crippen molar-refractivity contribution in [1.29, 1.82) is 0 Å². The highest BCUT2D eigenvalue weighted by molar-refractivity contribution is 7.12. The number of rotatable bonds is 8. The highest BCUT2D eigenvalue weighted by atomic mass is 32.1. The van der Waals surface area contributed by atoms with Gasteiger partial charge in [-0.1, -0.05) is 13.0 Å². The lowest BCUT2D eigenvalue weighted by Crippen LogP contribution is -2.32. The standard InChI is InChI=1S/C13H20N2O3S/c1-10(5-7-16)9-15-12(17)4-6-14-13(18)11-3-2-8-19-11/h2-3,8,10,16H,4-7,9H2,1H3,(H,14,18)(H,15,17). The molecule has 1 rings (SSSR count). The number of thiophene rings is 1. The molecular weight excluding hydrogens is 264 g/mol. The lowest BCUT2D eigenvalue weighted by atomic mass is 10.1. The Bertz CT molecular complexity index is 393. The Kier molecular flexibility index (Phi) is 7.14. The predicted octanol–water partition coefficient (Wildman–Crippen LogP) is 1.00. The third-order valence-electron chi connectivity index (χ3n) is 2.65. The maximum atomic E-state index is 11.6. The summed E-state index contributed by atoms with van der Waals surface area (Å²) in [6.45, 7) is 2.98. The Hall–Kier alpha value is -1.40. The van der Waals surface area contributed by atoms with E-state index in [1.807, 2.05) is 18.4 Å². The average molecular weight is 284 g/mol. The Morgan fingerprint density at radius 2 is 2.21 bits per heavy atom. The molecular formula is C13H20N2O3S. The molecule has 1 aromatic rings. The van der Waals surface area contributed by atoms with E-state index in [2.05, 4.69) is 10.6 Å². The minimum Gasteiger partial charge on any atom is -0.396 e. The van der Waals surface area contributed by atoms with Crippen LogP contribution in [0, 0.1) is 5.92 Å². The van der Waals surface area contributed by atoms with Crippen molar-refractivity contribution < 1.29 is 14.7 Å². The molecule has 1 atom stereocenters. The molecule has 0 bridgehead atoms. The fraction of sp³-hybridized carbons (Fsp3) is 0.538. The number of aliphatic hydroxyl groups excluding tert-OH is 1. The van der Waals surface area contributed by atoms with Gasteiger partial charge in [-0.3, -0.25) is 9.59 Å². The van der Waals surface area contributed by atoms with Crippen LogP contribution in [0.1, 0.15) is 29.4 Å². The van der Waals surface area contributed by atoms with Crippen LogP contribution >= 0.6 is 11.3 Å². The van der Waals surface area contributed by atoms with Crippen LogP contribution in [0.5, 0.6) is 0 Å². The third-order valence-corrected chi connectivity index (χ3v) is 3.52. The van der Waals surface area contributed by atoms with Crippen LogP contribution in [-0.2, 0) is 4.79 Å². The molecule has 0 radical (unpaired) electrons. The van der Waals surface area contributed by atoms with Crippen LogP contribution in [0.25, 0.3) is 0 Å². The van der Waals surface area contributed by atoms with Gasteiger partial charge in [0.25, 0.3) is 5.91 Å². The number of amides is 2. The van der Waals surface area contributed by atoms with Gasteiger partial charge in [-0.15, -0.1) is 11.3 Å². The Balaban J connectivity index is 2.12. The lowest BCUT2D eigenvalue weighted by Gasteiger charge is -2.11. The number of aliphatic hydroxyl groups is 1. The first kappa shape index (κ1) is 15.7. The van der Waals surface area contributed by atoms with E-state index in [1.165, 1.54) is 11.3 Å². The van der Waals surface area contributed by atoms with E-state index in [1.54, 1.807) is 6.07 Å². The minimum atomic E-state index is -0.142. The summed E-state index contributed by atoms with van der Waals surface area (Å²) in [5.74, 6) is 0.0300. The number of hydrogen-bond donors (Lipinski definition) is 3. The van der Waals surface area contributed by atoms with Crippen LogP contribution in [0.3, 0.4) is 0 Å². The van der Waals surface area contributed by atoms with E-state index in [0.29, 0.717) is 24.4 Å². The van der Waals surface area contributed by atoms with Gasteiger partial charge in [0, 0.05) is 26.1 Å². The zero-order chi connectivity index (χ0) is 14.1. The number of carbonyl (C=O) groups is 2. The SMILES string of the molecule is CC(CCO)CNC(=O)CCNC(=O)c1cccs1. The van der Waals surface area contributed by atoms with Gasteiger partial charge in [0.1, 0.15) is 0 Å². The molecule has 106 valence electrons. The summed E-state index contributed by atoms with van der Waals surface area (Å²) < 4.78 is 0. The van der Waals surface area contributed by atoms with Crippen molar-refractivity contribution in [2.75, 3.05) is 19.7 Å². The summed E-state index contributed by atoms with van der Waals surface area (Å²) >= 11 is 1.37. The summed E-state index contributed by atoms with van der Waals surface area (Å²) in [6.07, 6.45) is 0.943. The first-order valence-corrected chi connectivity index (χ1v) is 7.20. The van der Waals surface area contributed by atoms with Gasteiger partial charge >= 0.3 is 0 Å². The summed E-state index contributed by atoms with van der Waals surface area (Å²) in [5, 5.41) is 16.0. The highest BCUT2D eigenvalue weighted by Gasteiger charge is 2.08. The molecule has 0 saturated carbocycles. The van der Waals surface area contributed by atoms with Crippen molar-refractivity contribution in [3.63, 3.8) is 0 Å². The maximum Gasteiger partial charge on any atom is 0.261 e. The molecule has 1 unspecified atom stereocenters. The molecule has 0 saturated heterocycles. The van der Waals surface area contributed by atoms with Gasteiger partial charge in [-0.2, -0.15) is 0 Å². The van der Waals surface area contributed by atoms with Gasteiger partial charge in [0.15, 0.2) is 0 Å². The molecule has 1 aromatic heterocycles. The molecule has 1 heterocycles. The van der Waals surface area contributed by atoms with Crippen molar-refractivity contribution in [2.24, 2.45) is 5.92 Å². The van der Waals surface area contributed by atoms with Crippen LogP contribution in [0.4, 0.5) is 0 Å². The second-order valence-corrected chi connectivity index (χ2v) is 5.35. The monoisotopic (exact) mass is 284 g/mol. The molecule has 19 heavy (non-hydrogen) atoms. The van der Waals surface area contributed by atoms with E-state index in [9.17, 15) is 9.59 Å². The van der Waals surface area contributed by atoms with Gasteiger partial charge in [0.2, 0.25) is 5.91 Å². The topological polar surface area (TPSA) is 78.4 Å². The molecule has 0 fully saturated rings. The second-order valence-electron chi connectivity index (χ2n) is 4.40. The fourth-order valence-corrected chi connectivity index (χ4v) is 2.12. The Morgan fingerprint density at radius 1 is 1.42 bits per heavy atom. The second kappa shape index (κ2) is 8.66. The van der Waals surface area contributed by atoms with Crippen molar-refractivity contribution >= 4 is 23.2 Å². The van der Waals surface area contributed by atoms with Gasteiger partial charge in [0.05, 0.1) is 4.88 Å². The summed E-state index contributed by atoms with van der Waals surface area (Å²) in [5.41, 5.74) is 0. The fourth-order valence-electron chi connectivity index (χ4n) is 1.48. The number of hydrogen-bond acceptors (Lipinski definition) is 4. The van der Waals surface area contributed by atoms with E-state index in [4.69, 9.17) is 5.11 Å². The molecule has 0 spiro atoms. The largest absolute Gasteiger partial charge is 0.396 e. The molecule has 5 nitrogen and oxygen atoms in total. The van der Waals surface area contributed by atoms with Crippen LogP contribution in [-0.4, -0.2) is 36.6 Å². The number of carbonyl (C=O) groups excluding carboxylic acids is 2. The van der Waals surface area contributed by atoms with E-state index in [-0.39, 0.29) is 30.8 Å². The molecule has 2 amide bonds. The molecule has 6 heteroatoms. The van der Waals surface area contributed by atoms with E-state index < -0.39 is 0 Å². The zero-order valence-corrected chi connectivity index (χ0v) is 11.8. The van der Waals surface area contributed by atoms with E-state index in [0.717, 1.165) is 0 Å². The van der Waals surface area contributed by atoms with Crippen molar-refractivity contribution in [3.8, 4) is 0 Å². The molecule has 0 aromatic carbocycles. The van der Waals surface area contributed by atoms with Crippen molar-refractivity contribution in [2.45, 2.75) is 19.8 Å². The van der Waals surface area contributed by atoms with E-state index >= 15 is 0 Å². The predicted molar refractivity (Wildman–Crippen MR) is 75.1 cm³/mol. The average Bonchev–Trinajstić information content (AvgIpc) is 2.90. The molecule has 0 aliphatic rings. The van der Waals surface area contributed by atoms with Crippen LogP contribution in [0.15, 0.2) is 17.5 Å². The van der Waals surface area contributed by atoms with Gasteiger partial charge in [-0.25, -0.2) is 0 Å². The molecule has 0 aliphatic carbocycles. The summed E-state index contributed by atoms with van der Waals surface area (Å²) in [4.78, 5) is 23.7. The maximum absolute atomic E-state index is 11.6. The van der Waals surface area contributed by atoms with Crippen LogP contribution < -0.4 is 10.6 Å². The molecule has 3 N–H and O–H groups in total. The zero-order valence-electron chi connectivity index (χ0n) is 11.0. The lowest BCUT2D eigenvalue weighted by molar-refractivity contribution is -0.121. The van der Waals surface area contributed by atoms with Crippen LogP contribution in [0.2, 0.25) is 0 Å². The van der Waals surface area contributed by atoms with Gasteiger partial charge in [-0.05, 0) is 23.8 Å². The van der Waals surface area contributed by atoms with Crippen molar-refractivity contribution in [1.82, 2.24) is 10.6 Å². The smallest absolute Gasteiger partial charge is 0.261 e. The third kappa shape index (κ3) is 6.35. The Morgan fingerprint density at radius 3 is 2.84 bits per heavy atom. The summed E-state index contributed by atoms with van der Waals surface area (Å²) in [7, 11) is 0. The van der Waals surface area contributed by atoms with Gasteiger partial charge < -0.3 is 15.7 Å². The first-order valence-electron chi connectivity index (χ1n) is 6.32. The highest BCUT2D eigenvalue weighted by Crippen LogP contribution is 2.07. The normalized spacial score (nSPS) is 11.9. The number of nitrogens with one attached hydrogen (secondary N) is 2. The Labute approximate surface area is 117 Å². The first-order chi connectivity index (χ1) is 9.13. The van der Waals surface area contributed by atoms with Crippen molar-refractivity contribution in [3.05, 3.63) is 22.4 Å². The summed E-state index contributed by atoms with van der Waals surface area (Å²) in [6, 6.07) is 3.56. The molecule has 0 aliphatic heterocycles.